The van der Waals surface area contributed by atoms with Gasteiger partial charge in [0.1, 0.15) is 18.7 Å². The van der Waals surface area contributed by atoms with Crippen molar-refractivity contribution in [1.82, 2.24) is 10.6 Å². The molecule has 0 bridgehead atoms. The summed E-state index contributed by atoms with van der Waals surface area (Å²) in [5.74, 6) is -2.31. The molecule has 2 atom stereocenters. The molecule has 0 heterocycles. The number of carboxylic acids is 1. The molecular weight excluding hydrogens is 412 g/mol. The van der Waals surface area contributed by atoms with Crippen molar-refractivity contribution in [2.24, 2.45) is 5.92 Å². The van der Waals surface area contributed by atoms with E-state index in [0.717, 1.165) is 22.3 Å². The second kappa shape index (κ2) is 10.3. The standard InChI is InChI=1S/C24H28N2O6/c1-14(2)21(22(28)25-20(11-12-27)23(29)30)26-24(31)32-13-19-17-9-5-3-7-15(17)16-8-4-6-10-18(16)19/h3-10,14,19-21,27H,11-13H2,1-2H3,(H,25,28)(H,26,31)(H,29,30)/t20-,21+/m0/s1. The van der Waals surface area contributed by atoms with Crippen LogP contribution < -0.4 is 10.6 Å². The minimum Gasteiger partial charge on any atom is -0.480 e. The van der Waals surface area contributed by atoms with E-state index < -0.39 is 30.1 Å². The monoisotopic (exact) mass is 440 g/mol. The zero-order valence-electron chi connectivity index (χ0n) is 18.1. The maximum absolute atomic E-state index is 12.6. The van der Waals surface area contributed by atoms with Gasteiger partial charge in [-0.05, 0) is 28.2 Å². The number of ether oxygens (including phenoxy) is 1. The largest absolute Gasteiger partial charge is 0.480 e. The molecule has 0 saturated carbocycles. The van der Waals surface area contributed by atoms with Crippen molar-refractivity contribution in [3.63, 3.8) is 0 Å². The van der Waals surface area contributed by atoms with Crippen molar-refractivity contribution in [2.45, 2.75) is 38.3 Å². The van der Waals surface area contributed by atoms with E-state index in [9.17, 15) is 19.5 Å². The molecule has 1 aliphatic rings. The minimum absolute atomic E-state index is 0.106. The lowest BCUT2D eigenvalue weighted by Gasteiger charge is -2.24. The van der Waals surface area contributed by atoms with E-state index in [4.69, 9.17) is 9.84 Å². The molecule has 0 unspecified atom stereocenters. The highest BCUT2D eigenvalue weighted by atomic mass is 16.5. The number of hydrogen-bond donors (Lipinski definition) is 4. The molecule has 170 valence electrons. The first-order valence-electron chi connectivity index (χ1n) is 10.6. The summed E-state index contributed by atoms with van der Waals surface area (Å²) in [6.45, 7) is 3.18. The fraction of sp³-hybridized carbons (Fsp3) is 0.375. The first-order valence-corrected chi connectivity index (χ1v) is 10.6. The first kappa shape index (κ1) is 23.3. The number of nitrogens with one attached hydrogen (secondary N) is 2. The predicted octanol–water partition coefficient (Wildman–Crippen LogP) is 2.50. The van der Waals surface area contributed by atoms with Crippen molar-refractivity contribution < 1.29 is 29.3 Å². The molecule has 1 aliphatic carbocycles. The quantitative estimate of drug-likeness (QED) is 0.475. The molecule has 4 N–H and O–H groups in total. The maximum atomic E-state index is 12.6. The van der Waals surface area contributed by atoms with Gasteiger partial charge >= 0.3 is 12.1 Å². The number of carbonyl (C=O) groups is 3. The second-order valence-corrected chi connectivity index (χ2v) is 8.10. The van der Waals surface area contributed by atoms with Gasteiger partial charge in [0.2, 0.25) is 5.91 Å². The summed E-state index contributed by atoms with van der Waals surface area (Å²) in [5, 5.41) is 23.1. The topological polar surface area (TPSA) is 125 Å². The van der Waals surface area contributed by atoms with Crippen LogP contribution >= 0.6 is 0 Å². The molecular formula is C24H28N2O6. The Labute approximate surface area is 186 Å². The van der Waals surface area contributed by atoms with Crippen LogP contribution in [0.25, 0.3) is 11.1 Å². The van der Waals surface area contributed by atoms with E-state index in [2.05, 4.69) is 10.6 Å². The molecule has 8 heteroatoms. The number of carbonyl (C=O) groups excluding carboxylic acids is 2. The zero-order valence-corrected chi connectivity index (χ0v) is 18.1. The number of aliphatic hydroxyl groups excluding tert-OH is 1. The third-order valence-electron chi connectivity index (χ3n) is 5.60. The average molecular weight is 440 g/mol. The van der Waals surface area contributed by atoms with Gasteiger partial charge in [0, 0.05) is 18.9 Å². The van der Waals surface area contributed by atoms with Crippen molar-refractivity contribution in [2.75, 3.05) is 13.2 Å². The highest BCUT2D eigenvalue weighted by molar-refractivity contribution is 5.89. The van der Waals surface area contributed by atoms with E-state index in [-0.39, 0.29) is 31.5 Å². The van der Waals surface area contributed by atoms with Gasteiger partial charge < -0.3 is 25.6 Å². The van der Waals surface area contributed by atoms with Crippen LogP contribution in [0.2, 0.25) is 0 Å². The molecule has 2 aromatic carbocycles. The first-order chi connectivity index (χ1) is 15.3. The Morgan fingerprint density at radius 3 is 2.03 bits per heavy atom. The number of carboxylic acid groups (broad SMARTS) is 1. The lowest BCUT2D eigenvalue weighted by atomic mass is 9.98. The van der Waals surface area contributed by atoms with Crippen LogP contribution in [0.1, 0.15) is 37.3 Å². The van der Waals surface area contributed by atoms with Crippen LogP contribution in [0.15, 0.2) is 48.5 Å². The van der Waals surface area contributed by atoms with Crippen LogP contribution in [-0.4, -0.2) is 53.5 Å². The molecule has 2 aromatic rings. The van der Waals surface area contributed by atoms with Crippen LogP contribution in [0.3, 0.4) is 0 Å². The molecule has 32 heavy (non-hydrogen) atoms. The number of aliphatic hydroxyl groups is 1. The molecule has 2 amide bonds. The molecule has 0 fully saturated rings. The Kier molecular flexibility index (Phi) is 7.48. The smallest absolute Gasteiger partial charge is 0.407 e. The number of hydrogen-bond acceptors (Lipinski definition) is 5. The third kappa shape index (κ3) is 5.08. The zero-order chi connectivity index (χ0) is 23.3. The highest BCUT2D eigenvalue weighted by Gasteiger charge is 2.31. The van der Waals surface area contributed by atoms with Crippen molar-refractivity contribution in [1.29, 1.82) is 0 Å². The van der Waals surface area contributed by atoms with Gasteiger partial charge in [-0.3, -0.25) is 4.79 Å². The SMILES string of the molecule is CC(C)[C@@H](NC(=O)OCC1c2ccccc2-c2ccccc21)C(=O)N[C@@H](CCO)C(=O)O. The highest BCUT2D eigenvalue weighted by Crippen LogP contribution is 2.44. The number of rotatable bonds is 9. The summed E-state index contributed by atoms with van der Waals surface area (Å²) in [5.41, 5.74) is 4.38. The Bertz CT molecular complexity index is 944. The fourth-order valence-electron chi connectivity index (χ4n) is 3.95. The number of benzene rings is 2. The van der Waals surface area contributed by atoms with E-state index in [1.54, 1.807) is 13.8 Å². The summed E-state index contributed by atoms with van der Waals surface area (Å²) in [4.78, 5) is 36.3. The fourth-order valence-corrected chi connectivity index (χ4v) is 3.95. The maximum Gasteiger partial charge on any atom is 0.407 e. The van der Waals surface area contributed by atoms with Gasteiger partial charge in [0.25, 0.3) is 0 Å². The number of fused-ring (bicyclic) bond motifs is 3. The summed E-state index contributed by atoms with van der Waals surface area (Å²) >= 11 is 0. The van der Waals surface area contributed by atoms with Gasteiger partial charge in [-0.1, -0.05) is 62.4 Å². The molecule has 0 aliphatic heterocycles. The number of aliphatic carboxylic acids is 1. The normalized spacial score (nSPS) is 14.2. The Morgan fingerprint density at radius 1 is 0.969 bits per heavy atom. The lowest BCUT2D eigenvalue weighted by Crippen LogP contribution is -2.54. The van der Waals surface area contributed by atoms with Gasteiger partial charge in [0.05, 0.1) is 0 Å². The lowest BCUT2D eigenvalue weighted by molar-refractivity contribution is -0.142. The molecule has 0 saturated heterocycles. The summed E-state index contributed by atoms with van der Waals surface area (Å²) in [6, 6.07) is 13.7. The van der Waals surface area contributed by atoms with Crippen molar-refractivity contribution in [3.05, 3.63) is 59.7 Å². The average Bonchev–Trinajstić information content (AvgIpc) is 3.09. The van der Waals surface area contributed by atoms with Gasteiger partial charge in [-0.25, -0.2) is 9.59 Å². The number of alkyl carbamates (subject to hydrolysis) is 1. The van der Waals surface area contributed by atoms with Crippen molar-refractivity contribution in [3.8, 4) is 11.1 Å². The van der Waals surface area contributed by atoms with Crippen LogP contribution in [0.4, 0.5) is 4.79 Å². The second-order valence-electron chi connectivity index (χ2n) is 8.10. The summed E-state index contributed by atoms with van der Waals surface area (Å²) in [6.07, 6.45) is -0.883. The van der Waals surface area contributed by atoms with Crippen LogP contribution in [-0.2, 0) is 14.3 Å². The summed E-state index contributed by atoms with van der Waals surface area (Å²) < 4.78 is 5.48. The van der Waals surface area contributed by atoms with Crippen LogP contribution in [0.5, 0.6) is 0 Å². The van der Waals surface area contributed by atoms with Gasteiger partial charge in [-0.2, -0.15) is 0 Å². The van der Waals surface area contributed by atoms with Crippen molar-refractivity contribution >= 4 is 18.0 Å². The minimum atomic E-state index is -1.25. The van der Waals surface area contributed by atoms with E-state index in [0.29, 0.717) is 0 Å². The molecule has 0 radical (unpaired) electrons. The Balaban J connectivity index is 1.65. The van der Waals surface area contributed by atoms with Gasteiger partial charge in [-0.15, -0.1) is 0 Å². The van der Waals surface area contributed by atoms with E-state index >= 15 is 0 Å². The molecule has 0 spiro atoms. The molecule has 3 rings (SSSR count). The van der Waals surface area contributed by atoms with E-state index in [1.807, 2.05) is 48.5 Å². The number of amides is 2. The van der Waals surface area contributed by atoms with Crippen LogP contribution in [0, 0.1) is 5.92 Å². The Morgan fingerprint density at radius 2 is 1.53 bits per heavy atom. The molecule has 0 aromatic heterocycles. The Hall–Kier alpha value is -3.39. The predicted molar refractivity (Wildman–Crippen MR) is 118 cm³/mol. The van der Waals surface area contributed by atoms with E-state index in [1.165, 1.54) is 0 Å². The van der Waals surface area contributed by atoms with Gasteiger partial charge in [0.15, 0.2) is 0 Å². The molecule has 8 nitrogen and oxygen atoms in total. The third-order valence-corrected chi connectivity index (χ3v) is 5.60. The summed E-state index contributed by atoms with van der Waals surface area (Å²) in [7, 11) is 0.